The molecule has 148 valence electrons. The number of nitrogens with zero attached hydrogens (tertiary/aromatic N) is 2. The first-order valence-corrected chi connectivity index (χ1v) is 9.58. The van der Waals surface area contributed by atoms with E-state index in [0.29, 0.717) is 24.2 Å². The number of hydrogen-bond acceptors (Lipinski definition) is 4. The largest absolute Gasteiger partial charge is 0.396 e. The Labute approximate surface area is 162 Å². The van der Waals surface area contributed by atoms with Crippen LogP contribution in [0.1, 0.15) is 18.7 Å². The maximum Gasteiger partial charge on any atom is 0.258 e. The lowest BCUT2D eigenvalue weighted by molar-refractivity contribution is -0.127. The number of hydrogen-bond donors (Lipinski definition) is 2. The molecule has 0 bridgehead atoms. The van der Waals surface area contributed by atoms with E-state index in [2.05, 4.69) is 5.32 Å². The first-order chi connectivity index (χ1) is 13.5. The topological polar surface area (TPSA) is 74.6 Å². The Morgan fingerprint density at radius 3 is 2.61 bits per heavy atom. The highest BCUT2D eigenvalue weighted by atomic mass is 19.1. The van der Waals surface area contributed by atoms with Crippen LogP contribution < -0.4 is 10.9 Å². The summed E-state index contributed by atoms with van der Waals surface area (Å²) in [6.07, 6.45) is 0. The van der Waals surface area contributed by atoms with Crippen LogP contribution in [0, 0.1) is 17.7 Å². The Morgan fingerprint density at radius 2 is 1.96 bits per heavy atom. The van der Waals surface area contributed by atoms with Gasteiger partial charge in [-0.05, 0) is 43.8 Å². The highest BCUT2D eigenvalue weighted by Gasteiger charge is 2.54. The third-order valence-electron chi connectivity index (χ3n) is 6.13. The van der Waals surface area contributed by atoms with Gasteiger partial charge in [0.1, 0.15) is 5.82 Å². The van der Waals surface area contributed by atoms with Crippen molar-refractivity contribution in [1.82, 2.24) is 14.8 Å². The molecule has 0 unspecified atom stereocenters. The monoisotopic (exact) mass is 385 g/mol. The molecule has 0 spiro atoms. The Bertz CT molecular complexity index is 956. The maximum atomic E-state index is 13.2. The number of amides is 1. The summed E-state index contributed by atoms with van der Waals surface area (Å²) < 4.78 is 15.0. The molecule has 1 fully saturated rings. The number of likely N-dealkylation sites (tertiary alicyclic amines) is 1. The first-order valence-electron chi connectivity index (χ1n) is 9.58. The third kappa shape index (κ3) is 2.77. The van der Waals surface area contributed by atoms with Gasteiger partial charge in [-0.2, -0.15) is 0 Å². The molecular weight excluding hydrogens is 361 g/mol. The summed E-state index contributed by atoms with van der Waals surface area (Å²) in [6.45, 7) is 2.75. The SMILES string of the molecule is CCNC(=O)[C@H]1[C@H](CO)[C@H]2Cn3c(ccc(-c4ccc(F)cc4)c3=O)[C@H]2N1C. The number of fused-ring (bicyclic) bond motifs is 3. The summed E-state index contributed by atoms with van der Waals surface area (Å²) >= 11 is 0. The minimum absolute atomic E-state index is 0.0150. The fraction of sp³-hybridized carbons (Fsp3) is 0.429. The number of nitrogens with one attached hydrogen (secondary N) is 1. The van der Waals surface area contributed by atoms with Crippen molar-refractivity contribution in [2.45, 2.75) is 25.6 Å². The molecule has 6 nitrogen and oxygen atoms in total. The highest BCUT2D eigenvalue weighted by molar-refractivity contribution is 5.82. The molecule has 1 aromatic heterocycles. The lowest BCUT2D eigenvalue weighted by Gasteiger charge is -2.27. The fourth-order valence-corrected chi connectivity index (χ4v) is 4.90. The molecule has 1 aromatic carbocycles. The number of likely N-dealkylation sites (N-methyl/N-ethyl adjacent to an activating group) is 2. The summed E-state index contributed by atoms with van der Waals surface area (Å²) in [5.74, 6) is -0.687. The number of carbonyl (C=O) groups excluding carboxylic acids is 1. The van der Waals surface area contributed by atoms with Crippen LogP contribution in [0.3, 0.4) is 0 Å². The molecule has 4 atom stereocenters. The molecule has 28 heavy (non-hydrogen) atoms. The second-order valence-corrected chi connectivity index (χ2v) is 7.55. The smallest absolute Gasteiger partial charge is 0.258 e. The van der Waals surface area contributed by atoms with Gasteiger partial charge < -0.3 is 15.0 Å². The molecule has 1 saturated heterocycles. The lowest BCUT2D eigenvalue weighted by Crippen LogP contribution is -2.46. The summed E-state index contributed by atoms with van der Waals surface area (Å²) in [5.41, 5.74) is 1.92. The Morgan fingerprint density at radius 1 is 1.25 bits per heavy atom. The van der Waals surface area contributed by atoms with Crippen molar-refractivity contribution in [3.05, 3.63) is 58.3 Å². The Balaban J connectivity index is 1.73. The summed E-state index contributed by atoms with van der Waals surface area (Å²) in [4.78, 5) is 27.6. The zero-order chi connectivity index (χ0) is 20.0. The second kappa shape index (κ2) is 7.14. The van der Waals surface area contributed by atoms with Crippen molar-refractivity contribution in [2.24, 2.45) is 11.8 Å². The van der Waals surface area contributed by atoms with Crippen LogP contribution >= 0.6 is 0 Å². The quantitative estimate of drug-likeness (QED) is 0.834. The molecule has 3 heterocycles. The van der Waals surface area contributed by atoms with E-state index in [1.165, 1.54) is 12.1 Å². The Kier molecular flexibility index (Phi) is 4.81. The van der Waals surface area contributed by atoms with Gasteiger partial charge in [0, 0.05) is 42.8 Å². The number of pyridine rings is 1. The molecular formula is C21H24FN3O3. The zero-order valence-corrected chi connectivity index (χ0v) is 15.9. The molecule has 2 aromatic rings. The van der Waals surface area contributed by atoms with Crippen LogP contribution in [0.15, 0.2) is 41.2 Å². The minimum Gasteiger partial charge on any atom is -0.396 e. The average molecular weight is 385 g/mol. The van der Waals surface area contributed by atoms with Crippen LogP contribution in [0.25, 0.3) is 11.1 Å². The van der Waals surface area contributed by atoms with Gasteiger partial charge in [0.05, 0.1) is 12.1 Å². The van der Waals surface area contributed by atoms with Crippen LogP contribution in [0.2, 0.25) is 0 Å². The predicted octanol–water partition coefficient (Wildman–Crippen LogP) is 1.38. The van der Waals surface area contributed by atoms with Gasteiger partial charge >= 0.3 is 0 Å². The van der Waals surface area contributed by atoms with Gasteiger partial charge in [-0.1, -0.05) is 12.1 Å². The van der Waals surface area contributed by atoms with Crippen molar-refractivity contribution in [3.63, 3.8) is 0 Å². The van der Waals surface area contributed by atoms with E-state index in [1.54, 1.807) is 22.8 Å². The number of aromatic nitrogens is 1. The molecule has 0 aliphatic carbocycles. The number of aliphatic hydroxyl groups excluding tert-OH is 1. The summed E-state index contributed by atoms with van der Waals surface area (Å²) in [6, 6.07) is 9.05. The lowest BCUT2D eigenvalue weighted by atomic mass is 9.88. The van der Waals surface area contributed by atoms with Gasteiger partial charge in [0.2, 0.25) is 5.91 Å². The maximum absolute atomic E-state index is 13.2. The van der Waals surface area contributed by atoms with Gasteiger partial charge in [-0.15, -0.1) is 0 Å². The van der Waals surface area contributed by atoms with E-state index in [1.807, 2.05) is 24.9 Å². The fourth-order valence-electron chi connectivity index (χ4n) is 4.90. The zero-order valence-electron chi connectivity index (χ0n) is 15.9. The molecule has 0 saturated carbocycles. The Hall–Kier alpha value is -2.51. The number of rotatable bonds is 4. The van der Waals surface area contributed by atoms with Gasteiger partial charge in [-0.25, -0.2) is 4.39 Å². The van der Waals surface area contributed by atoms with Gasteiger partial charge in [-0.3, -0.25) is 14.5 Å². The number of carbonyl (C=O) groups is 1. The summed E-state index contributed by atoms with van der Waals surface area (Å²) in [5, 5.41) is 12.8. The third-order valence-corrected chi connectivity index (χ3v) is 6.13. The molecule has 2 N–H and O–H groups in total. The first kappa shape index (κ1) is 18.8. The van der Waals surface area contributed by atoms with E-state index in [-0.39, 0.29) is 41.8 Å². The van der Waals surface area contributed by atoms with Crippen molar-refractivity contribution in [2.75, 3.05) is 20.2 Å². The molecule has 4 rings (SSSR count). The molecule has 7 heteroatoms. The van der Waals surface area contributed by atoms with Crippen LogP contribution in [0.5, 0.6) is 0 Å². The normalized spacial score (nSPS) is 26.1. The number of aliphatic hydroxyl groups is 1. The van der Waals surface area contributed by atoms with Crippen molar-refractivity contribution in [1.29, 1.82) is 0 Å². The van der Waals surface area contributed by atoms with Gasteiger partial charge in [0.25, 0.3) is 5.56 Å². The standard InChI is InChI=1S/C21H24FN3O3/c1-3-23-20(27)19-16(11-26)15-10-25-17(18(15)24(19)2)9-8-14(21(25)28)12-4-6-13(22)7-5-12/h4-9,15-16,18-19,26H,3,10-11H2,1-2H3,(H,23,27)/t15-,16-,18+,19-/m1/s1. The number of benzene rings is 1. The second-order valence-electron chi connectivity index (χ2n) is 7.55. The van der Waals surface area contributed by atoms with E-state index >= 15 is 0 Å². The number of halogens is 1. The van der Waals surface area contributed by atoms with Crippen molar-refractivity contribution in [3.8, 4) is 11.1 Å². The van der Waals surface area contributed by atoms with Crippen molar-refractivity contribution < 1.29 is 14.3 Å². The van der Waals surface area contributed by atoms with Crippen LogP contribution in [0.4, 0.5) is 4.39 Å². The minimum atomic E-state index is -0.416. The van der Waals surface area contributed by atoms with E-state index in [9.17, 15) is 19.1 Å². The summed E-state index contributed by atoms with van der Waals surface area (Å²) in [7, 11) is 1.88. The average Bonchev–Trinajstić information content (AvgIpc) is 3.19. The van der Waals surface area contributed by atoms with E-state index in [4.69, 9.17) is 0 Å². The van der Waals surface area contributed by atoms with E-state index < -0.39 is 6.04 Å². The van der Waals surface area contributed by atoms with Crippen molar-refractivity contribution >= 4 is 5.91 Å². The molecule has 0 radical (unpaired) electrons. The molecule has 2 aliphatic rings. The van der Waals surface area contributed by atoms with Gasteiger partial charge in [0.15, 0.2) is 0 Å². The molecule has 1 amide bonds. The van der Waals surface area contributed by atoms with Crippen LogP contribution in [-0.4, -0.2) is 46.7 Å². The molecule has 2 aliphatic heterocycles. The highest BCUT2D eigenvalue weighted by Crippen LogP contribution is 2.48. The predicted molar refractivity (Wildman–Crippen MR) is 103 cm³/mol. The van der Waals surface area contributed by atoms with E-state index in [0.717, 1.165) is 5.69 Å². The van der Waals surface area contributed by atoms with Crippen LogP contribution in [-0.2, 0) is 11.3 Å².